The van der Waals surface area contributed by atoms with E-state index in [-0.39, 0.29) is 49.1 Å². The minimum Gasteiger partial charge on any atom is -0.487 e. The third-order valence-electron chi connectivity index (χ3n) is 7.44. The highest BCUT2D eigenvalue weighted by atomic mass is 16.6. The van der Waals surface area contributed by atoms with E-state index in [2.05, 4.69) is 16.0 Å². The maximum atomic E-state index is 12.6. The molecule has 0 aromatic heterocycles. The average Bonchev–Trinajstić information content (AvgIpc) is 3.52. The number of carbonyl (C=O) groups is 2. The maximum Gasteiger partial charge on any atom is 0.319 e. The largest absolute Gasteiger partial charge is 0.487 e. The van der Waals surface area contributed by atoms with E-state index < -0.39 is 6.10 Å². The monoisotopic (exact) mass is 493 g/mol. The van der Waals surface area contributed by atoms with Crippen molar-refractivity contribution < 1.29 is 24.2 Å². The summed E-state index contributed by atoms with van der Waals surface area (Å²) in [6.07, 6.45) is 4.83. The molecule has 36 heavy (non-hydrogen) atoms. The fraction of sp³-hybridized carbons (Fsp3) is 0.500. The molecular weight excluding hydrogens is 458 g/mol. The topological polar surface area (TPSA) is 109 Å². The molecule has 0 unspecified atom stereocenters. The van der Waals surface area contributed by atoms with Crippen LogP contribution in [-0.2, 0) is 16.0 Å². The summed E-state index contributed by atoms with van der Waals surface area (Å²) in [5.41, 5.74) is 2.86. The minimum absolute atomic E-state index is 0.0207. The average molecular weight is 494 g/mol. The highest BCUT2D eigenvalue weighted by molar-refractivity contribution is 5.89. The molecule has 3 aliphatic rings. The van der Waals surface area contributed by atoms with Crippen LogP contribution in [-0.4, -0.2) is 54.6 Å². The van der Waals surface area contributed by atoms with Gasteiger partial charge in [-0.25, -0.2) is 4.79 Å². The fourth-order valence-corrected chi connectivity index (χ4v) is 5.66. The second kappa shape index (κ2) is 11.3. The molecule has 0 spiro atoms. The van der Waals surface area contributed by atoms with Crippen molar-refractivity contribution in [2.24, 2.45) is 0 Å². The standard InChI is InChI=1S/C28H35N3O5/c32-17-25-27-23(15-21(35-25)16-26(33)29-13-12-18-6-2-1-3-7-18)22-14-20(10-11-24(22)36-27)31-28(34)30-19-8-4-5-9-19/h1-3,6-7,10-11,14,19,21,23,25,27,32H,4-5,8-9,12-13,15-17H2,(H,29,33)(H2,30,31,34)/t21-,23-,25-,27+/m0/s1. The lowest BCUT2D eigenvalue weighted by molar-refractivity contribution is -0.142. The summed E-state index contributed by atoms with van der Waals surface area (Å²) < 4.78 is 12.2. The normalized spacial score (nSPS) is 24.9. The summed E-state index contributed by atoms with van der Waals surface area (Å²) in [6.45, 7) is 0.380. The predicted octanol–water partition coefficient (Wildman–Crippen LogP) is 3.49. The Morgan fingerprint density at radius 3 is 2.64 bits per heavy atom. The van der Waals surface area contributed by atoms with E-state index in [1.54, 1.807) is 0 Å². The zero-order valence-corrected chi connectivity index (χ0v) is 20.4. The Bertz CT molecular complexity index is 1060. The number of anilines is 1. The molecular formula is C28H35N3O5. The number of aliphatic hydroxyl groups is 1. The lowest BCUT2D eigenvalue weighted by atomic mass is 9.84. The van der Waals surface area contributed by atoms with Crippen LogP contribution in [0.25, 0.3) is 0 Å². The number of carbonyl (C=O) groups excluding carboxylic acids is 2. The van der Waals surface area contributed by atoms with Gasteiger partial charge in [0.25, 0.3) is 0 Å². The number of hydrogen-bond acceptors (Lipinski definition) is 5. The molecule has 8 heteroatoms. The lowest BCUT2D eigenvalue weighted by Gasteiger charge is -2.37. The molecule has 8 nitrogen and oxygen atoms in total. The second-order valence-corrected chi connectivity index (χ2v) is 10.0. The molecule has 2 fully saturated rings. The lowest BCUT2D eigenvalue weighted by Crippen LogP contribution is -2.47. The first kappa shape index (κ1) is 24.6. The molecule has 3 amide bonds. The van der Waals surface area contributed by atoms with Crippen LogP contribution in [0.4, 0.5) is 10.5 Å². The van der Waals surface area contributed by atoms with E-state index in [0.29, 0.717) is 18.7 Å². The smallest absolute Gasteiger partial charge is 0.319 e. The highest BCUT2D eigenvalue weighted by Gasteiger charge is 2.46. The van der Waals surface area contributed by atoms with Crippen molar-refractivity contribution in [3.05, 3.63) is 59.7 Å². The molecule has 1 saturated heterocycles. The number of fused-ring (bicyclic) bond motifs is 3. The number of nitrogens with one attached hydrogen (secondary N) is 3. The third-order valence-corrected chi connectivity index (χ3v) is 7.44. The van der Waals surface area contributed by atoms with Gasteiger partial charge in [-0.2, -0.15) is 0 Å². The van der Waals surface area contributed by atoms with E-state index in [1.165, 1.54) is 5.56 Å². The van der Waals surface area contributed by atoms with E-state index in [0.717, 1.165) is 43.4 Å². The molecule has 192 valence electrons. The summed E-state index contributed by atoms with van der Waals surface area (Å²) in [5, 5.41) is 19.0. The SMILES string of the molecule is O=C(C[C@@H]1C[C@H]2c3cc(NC(=O)NC4CCCC4)ccc3O[C@H]2[C@H](CO)O1)NCCc1ccccc1. The Morgan fingerprint density at radius 1 is 1.06 bits per heavy atom. The number of rotatable bonds is 8. The van der Waals surface area contributed by atoms with Gasteiger partial charge in [0.2, 0.25) is 5.91 Å². The van der Waals surface area contributed by atoms with Crippen LogP contribution >= 0.6 is 0 Å². The third kappa shape index (κ3) is 5.82. The van der Waals surface area contributed by atoms with Gasteiger partial charge in [0, 0.05) is 29.8 Å². The van der Waals surface area contributed by atoms with Gasteiger partial charge in [-0.05, 0) is 49.4 Å². The first-order valence-corrected chi connectivity index (χ1v) is 13.0. The van der Waals surface area contributed by atoms with E-state index in [4.69, 9.17) is 9.47 Å². The Balaban J connectivity index is 1.19. The number of hydrogen-bond donors (Lipinski definition) is 4. The van der Waals surface area contributed by atoms with Gasteiger partial charge >= 0.3 is 6.03 Å². The van der Waals surface area contributed by atoms with Gasteiger partial charge in [-0.15, -0.1) is 0 Å². The molecule has 2 heterocycles. The molecule has 1 aliphatic carbocycles. The van der Waals surface area contributed by atoms with Gasteiger partial charge in [-0.1, -0.05) is 43.2 Å². The fourth-order valence-electron chi connectivity index (χ4n) is 5.66. The Kier molecular flexibility index (Phi) is 7.72. The van der Waals surface area contributed by atoms with Crippen molar-refractivity contribution in [2.75, 3.05) is 18.5 Å². The van der Waals surface area contributed by atoms with Crippen LogP contribution in [0.5, 0.6) is 5.75 Å². The van der Waals surface area contributed by atoms with E-state index in [1.807, 2.05) is 48.5 Å². The van der Waals surface area contributed by atoms with Crippen LogP contribution < -0.4 is 20.7 Å². The maximum absolute atomic E-state index is 12.6. The first-order chi connectivity index (χ1) is 17.6. The van der Waals surface area contributed by atoms with Gasteiger partial charge in [0.1, 0.15) is 18.0 Å². The number of amides is 3. The molecule has 0 bridgehead atoms. The van der Waals surface area contributed by atoms with Gasteiger partial charge < -0.3 is 30.5 Å². The van der Waals surface area contributed by atoms with Crippen LogP contribution in [0.3, 0.4) is 0 Å². The summed E-state index contributed by atoms with van der Waals surface area (Å²) in [6, 6.07) is 15.7. The zero-order valence-electron chi connectivity index (χ0n) is 20.4. The van der Waals surface area contributed by atoms with Crippen LogP contribution in [0.15, 0.2) is 48.5 Å². The highest BCUT2D eigenvalue weighted by Crippen LogP contribution is 2.47. The van der Waals surface area contributed by atoms with Gasteiger partial charge in [0.05, 0.1) is 19.1 Å². The van der Waals surface area contributed by atoms with Crippen molar-refractivity contribution in [1.29, 1.82) is 0 Å². The summed E-state index contributed by atoms with van der Waals surface area (Å²) in [7, 11) is 0. The molecule has 1 saturated carbocycles. The second-order valence-electron chi connectivity index (χ2n) is 10.0. The predicted molar refractivity (Wildman–Crippen MR) is 136 cm³/mol. The molecule has 4 N–H and O–H groups in total. The summed E-state index contributed by atoms with van der Waals surface area (Å²) in [4.78, 5) is 25.1. The number of aliphatic hydroxyl groups excluding tert-OH is 1. The van der Waals surface area contributed by atoms with Crippen molar-refractivity contribution in [3.63, 3.8) is 0 Å². The first-order valence-electron chi connectivity index (χ1n) is 13.0. The van der Waals surface area contributed by atoms with Crippen molar-refractivity contribution in [1.82, 2.24) is 10.6 Å². The molecule has 2 aromatic carbocycles. The molecule has 2 aliphatic heterocycles. The van der Waals surface area contributed by atoms with Crippen molar-refractivity contribution >= 4 is 17.6 Å². The number of benzene rings is 2. The summed E-state index contributed by atoms with van der Waals surface area (Å²) in [5.74, 6) is 0.652. The summed E-state index contributed by atoms with van der Waals surface area (Å²) >= 11 is 0. The molecule has 5 rings (SSSR count). The van der Waals surface area contributed by atoms with Gasteiger partial charge in [0.15, 0.2) is 0 Å². The minimum atomic E-state index is -0.514. The van der Waals surface area contributed by atoms with Crippen LogP contribution in [0.1, 0.15) is 55.6 Å². The zero-order chi connectivity index (χ0) is 24.9. The Morgan fingerprint density at radius 2 is 1.86 bits per heavy atom. The van der Waals surface area contributed by atoms with Crippen molar-refractivity contribution in [3.8, 4) is 5.75 Å². The molecule has 0 radical (unpaired) electrons. The van der Waals surface area contributed by atoms with E-state index in [9.17, 15) is 14.7 Å². The van der Waals surface area contributed by atoms with Crippen LogP contribution in [0, 0.1) is 0 Å². The number of ether oxygens (including phenoxy) is 2. The molecule has 2 aromatic rings. The number of urea groups is 1. The molecule has 4 atom stereocenters. The van der Waals surface area contributed by atoms with E-state index >= 15 is 0 Å². The Labute approximate surface area is 211 Å². The van der Waals surface area contributed by atoms with Crippen molar-refractivity contribution in [2.45, 2.75) is 75.2 Å². The van der Waals surface area contributed by atoms with Gasteiger partial charge in [-0.3, -0.25) is 4.79 Å². The Hall–Kier alpha value is -3.10. The van der Waals surface area contributed by atoms with Crippen LogP contribution in [0.2, 0.25) is 0 Å². The quantitative estimate of drug-likeness (QED) is 0.450.